The Morgan fingerprint density at radius 2 is 1.73 bits per heavy atom. The van der Waals surface area contributed by atoms with E-state index in [1.165, 1.54) is 11.8 Å². The van der Waals surface area contributed by atoms with Crippen LogP contribution in [-0.4, -0.2) is 49.6 Å². The zero-order valence-corrected chi connectivity index (χ0v) is 16.4. The van der Waals surface area contributed by atoms with E-state index in [2.05, 4.69) is 11.0 Å². The Kier molecular flexibility index (Phi) is 6.33. The molecule has 0 aromatic heterocycles. The molecule has 1 unspecified atom stereocenters. The molecule has 0 saturated carbocycles. The Hall–Kier alpha value is -1.42. The highest BCUT2D eigenvalue weighted by molar-refractivity contribution is 7.88. The van der Waals surface area contributed by atoms with E-state index in [1.54, 1.807) is 4.31 Å². The molecule has 2 aliphatic heterocycles. The van der Waals surface area contributed by atoms with Crippen LogP contribution in [0.25, 0.3) is 0 Å². The molecule has 6 heteroatoms. The molecule has 2 aliphatic rings. The van der Waals surface area contributed by atoms with Gasteiger partial charge in [-0.1, -0.05) is 25.0 Å². The maximum atomic E-state index is 12.2. The molecule has 0 radical (unpaired) electrons. The van der Waals surface area contributed by atoms with Crippen molar-refractivity contribution >= 4 is 10.0 Å². The second-order valence-corrected chi connectivity index (χ2v) is 9.65. The van der Waals surface area contributed by atoms with Gasteiger partial charge in [0.05, 0.1) is 17.9 Å². The van der Waals surface area contributed by atoms with Crippen molar-refractivity contribution in [3.8, 4) is 6.07 Å². The largest absolute Gasteiger partial charge is 0.299 e. The maximum Gasteiger partial charge on any atom is 0.211 e. The fourth-order valence-electron chi connectivity index (χ4n) is 4.43. The Morgan fingerprint density at radius 3 is 2.35 bits per heavy atom. The van der Waals surface area contributed by atoms with Gasteiger partial charge in [0.2, 0.25) is 10.0 Å². The van der Waals surface area contributed by atoms with Gasteiger partial charge >= 0.3 is 0 Å². The lowest BCUT2D eigenvalue weighted by atomic mass is 9.87. The smallest absolute Gasteiger partial charge is 0.211 e. The molecule has 5 nitrogen and oxygen atoms in total. The predicted molar refractivity (Wildman–Crippen MR) is 103 cm³/mol. The number of hydrogen-bond donors (Lipinski definition) is 0. The van der Waals surface area contributed by atoms with Crippen LogP contribution in [0.4, 0.5) is 0 Å². The highest BCUT2D eigenvalue weighted by atomic mass is 32.2. The lowest BCUT2D eigenvalue weighted by molar-refractivity contribution is 0.124. The molecular formula is C20H29N3O2S. The van der Waals surface area contributed by atoms with E-state index < -0.39 is 10.0 Å². The Bertz CT molecular complexity index is 731. The van der Waals surface area contributed by atoms with Gasteiger partial charge in [0.15, 0.2) is 0 Å². The number of hydrogen-bond acceptors (Lipinski definition) is 4. The van der Waals surface area contributed by atoms with Gasteiger partial charge in [-0.25, -0.2) is 8.42 Å². The normalized spacial score (nSPS) is 24.1. The van der Waals surface area contributed by atoms with Crippen LogP contribution >= 0.6 is 0 Å². The minimum atomic E-state index is -3.12. The van der Waals surface area contributed by atoms with Crippen molar-refractivity contribution in [1.29, 1.82) is 5.26 Å². The van der Waals surface area contributed by atoms with Crippen molar-refractivity contribution in [2.45, 2.75) is 51.1 Å². The summed E-state index contributed by atoms with van der Waals surface area (Å²) in [5.74, 6) is 0.472. The van der Waals surface area contributed by atoms with Crippen molar-refractivity contribution in [1.82, 2.24) is 9.21 Å². The van der Waals surface area contributed by atoms with E-state index in [-0.39, 0.29) is 6.04 Å². The predicted octanol–water partition coefficient (Wildman–Crippen LogP) is 2.97. The SMILES string of the molecule is CS(=O)(=O)N1CCCCCC1C1CCN(Cc2ccc(C#N)cc2)CC1. The number of piperidine rings is 1. The van der Waals surface area contributed by atoms with E-state index in [1.807, 2.05) is 24.3 Å². The van der Waals surface area contributed by atoms with Crippen molar-refractivity contribution in [3.63, 3.8) is 0 Å². The summed E-state index contributed by atoms with van der Waals surface area (Å²) >= 11 is 0. The number of benzene rings is 1. The maximum absolute atomic E-state index is 12.2. The first-order valence-electron chi connectivity index (χ1n) is 9.65. The van der Waals surface area contributed by atoms with Crippen LogP contribution in [0.1, 0.15) is 49.7 Å². The summed E-state index contributed by atoms with van der Waals surface area (Å²) in [4.78, 5) is 2.44. The summed E-state index contributed by atoms with van der Waals surface area (Å²) in [6, 6.07) is 10.1. The topological polar surface area (TPSA) is 64.4 Å². The minimum absolute atomic E-state index is 0.185. The molecule has 26 heavy (non-hydrogen) atoms. The monoisotopic (exact) mass is 375 g/mol. The molecule has 142 valence electrons. The molecule has 2 heterocycles. The van der Waals surface area contributed by atoms with Crippen LogP contribution in [-0.2, 0) is 16.6 Å². The summed E-state index contributed by atoms with van der Waals surface area (Å²) in [5, 5.41) is 8.89. The zero-order chi connectivity index (χ0) is 18.6. The average Bonchev–Trinajstić information content (AvgIpc) is 2.89. The number of rotatable bonds is 4. The molecule has 0 spiro atoms. The van der Waals surface area contributed by atoms with Crippen LogP contribution < -0.4 is 0 Å². The second kappa shape index (κ2) is 8.51. The average molecular weight is 376 g/mol. The zero-order valence-electron chi connectivity index (χ0n) is 15.6. The van der Waals surface area contributed by atoms with Crippen molar-refractivity contribution in [2.24, 2.45) is 5.92 Å². The van der Waals surface area contributed by atoms with Gasteiger partial charge in [-0.3, -0.25) is 4.90 Å². The third kappa shape index (κ3) is 4.85. The van der Waals surface area contributed by atoms with E-state index in [9.17, 15) is 8.42 Å². The first-order valence-corrected chi connectivity index (χ1v) is 11.5. The fourth-order valence-corrected chi connectivity index (χ4v) is 5.66. The number of sulfonamides is 1. The van der Waals surface area contributed by atoms with Gasteiger partial charge in [-0.05, 0) is 62.4 Å². The fraction of sp³-hybridized carbons (Fsp3) is 0.650. The standard InChI is InChI=1S/C20H29N3O2S/c1-26(24,25)23-12-4-2-3-5-20(23)19-10-13-22(14-11-19)16-18-8-6-17(15-21)7-9-18/h6-9,19-20H,2-5,10-14,16H2,1H3. The van der Waals surface area contributed by atoms with Crippen LogP contribution in [0.3, 0.4) is 0 Å². The van der Waals surface area contributed by atoms with Crippen LogP contribution in [0, 0.1) is 17.2 Å². The summed E-state index contributed by atoms with van der Waals surface area (Å²) in [6.07, 6.45) is 7.77. The molecule has 0 amide bonds. The van der Waals surface area contributed by atoms with Crippen molar-refractivity contribution in [2.75, 3.05) is 25.9 Å². The number of nitrogens with zero attached hydrogens (tertiary/aromatic N) is 3. The van der Waals surface area contributed by atoms with Gasteiger partial charge in [0.25, 0.3) is 0 Å². The summed E-state index contributed by atoms with van der Waals surface area (Å²) < 4.78 is 26.3. The lowest BCUT2D eigenvalue weighted by Gasteiger charge is -2.39. The Balaban J connectivity index is 1.58. The molecule has 1 aromatic rings. The Morgan fingerprint density at radius 1 is 1.04 bits per heavy atom. The third-order valence-corrected chi connectivity index (χ3v) is 7.15. The molecule has 0 aliphatic carbocycles. The van der Waals surface area contributed by atoms with Crippen LogP contribution in [0.15, 0.2) is 24.3 Å². The third-order valence-electron chi connectivity index (χ3n) is 5.84. The molecule has 2 saturated heterocycles. The minimum Gasteiger partial charge on any atom is -0.299 e. The second-order valence-electron chi connectivity index (χ2n) is 7.71. The highest BCUT2D eigenvalue weighted by Gasteiger charge is 2.35. The van der Waals surface area contributed by atoms with Gasteiger partial charge < -0.3 is 0 Å². The summed E-state index contributed by atoms with van der Waals surface area (Å²) in [7, 11) is -3.12. The molecular weight excluding hydrogens is 346 g/mol. The van der Waals surface area contributed by atoms with Gasteiger partial charge in [0.1, 0.15) is 0 Å². The van der Waals surface area contributed by atoms with E-state index in [0.717, 1.165) is 58.2 Å². The Labute approximate surface area is 157 Å². The first-order chi connectivity index (χ1) is 12.5. The molecule has 1 aromatic carbocycles. The van der Waals surface area contributed by atoms with E-state index in [0.29, 0.717) is 18.0 Å². The van der Waals surface area contributed by atoms with E-state index >= 15 is 0 Å². The van der Waals surface area contributed by atoms with Crippen molar-refractivity contribution < 1.29 is 8.42 Å². The molecule has 2 fully saturated rings. The molecule has 3 rings (SSSR count). The lowest BCUT2D eigenvalue weighted by Crippen LogP contribution is -2.47. The first kappa shape index (κ1) is 19.3. The molecule has 1 atom stereocenters. The summed E-state index contributed by atoms with van der Waals surface area (Å²) in [6.45, 7) is 3.62. The van der Waals surface area contributed by atoms with E-state index in [4.69, 9.17) is 5.26 Å². The number of likely N-dealkylation sites (tertiary alicyclic amines) is 1. The molecule has 0 bridgehead atoms. The quantitative estimate of drug-likeness (QED) is 0.811. The van der Waals surface area contributed by atoms with Gasteiger partial charge in [0, 0.05) is 19.1 Å². The van der Waals surface area contributed by atoms with Gasteiger partial charge in [-0.2, -0.15) is 9.57 Å². The van der Waals surface area contributed by atoms with Crippen LogP contribution in [0.2, 0.25) is 0 Å². The van der Waals surface area contributed by atoms with Gasteiger partial charge in [-0.15, -0.1) is 0 Å². The van der Waals surface area contributed by atoms with Crippen molar-refractivity contribution in [3.05, 3.63) is 35.4 Å². The highest BCUT2D eigenvalue weighted by Crippen LogP contribution is 2.31. The van der Waals surface area contributed by atoms with Crippen LogP contribution in [0.5, 0.6) is 0 Å². The summed E-state index contributed by atoms with van der Waals surface area (Å²) in [5.41, 5.74) is 1.93. The number of nitriles is 1. The molecule has 0 N–H and O–H groups in total.